The molecule has 0 bridgehead atoms. The predicted octanol–water partition coefficient (Wildman–Crippen LogP) is 3.03. The molecule has 0 saturated heterocycles. The number of hydrogen-bond donors (Lipinski definition) is 2. The van der Waals surface area contributed by atoms with Gasteiger partial charge >= 0.3 is 0 Å². The van der Waals surface area contributed by atoms with E-state index in [4.69, 9.17) is 0 Å². The van der Waals surface area contributed by atoms with E-state index in [-0.39, 0.29) is 10.8 Å². The average Bonchev–Trinajstić information content (AvgIpc) is 2.61. The first-order valence-electron chi connectivity index (χ1n) is 8.15. The summed E-state index contributed by atoms with van der Waals surface area (Å²) in [4.78, 5) is 12.8. The van der Waals surface area contributed by atoms with Gasteiger partial charge in [0.2, 0.25) is 15.9 Å². The molecule has 0 spiro atoms. The molecular formula is C18H20N2O3S2. The fraction of sp³-hybridized carbons (Fsp3) is 0.278. The Hall–Kier alpha value is -1.83. The lowest BCUT2D eigenvalue weighted by Crippen LogP contribution is -2.26. The molecule has 1 aliphatic rings. The first kappa shape index (κ1) is 18.0. The van der Waals surface area contributed by atoms with Gasteiger partial charge in [-0.15, -0.1) is 11.8 Å². The van der Waals surface area contributed by atoms with Gasteiger partial charge < -0.3 is 5.32 Å². The molecule has 3 rings (SSSR count). The maximum atomic E-state index is 12.4. The Balaban J connectivity index is 1.52. The van der Waals surface area contributed by atoms with Crippen molar-refractivity contribution < 1.29 is 13.2 Å². The molecule has 0 aromatic heterocycles. The van der Waals surface area contributed by atoms with Gasteiger partial charge in [0, 0.05) is 23.5 Å². The number of aryl methyl sites for hydroxylation is 1. The van der Waals surface area contributed by atoms with Crippen molar-refractivity contribution in [3.63, 3.8) is 0 Å². The van der Waals surface area contributed by atoms with E-state index in [1.165, 1.54) is 11.0 Å². The molecule has 0 fully saturated rings. The third kappa shape index (κ3) is 4.84. The summed E-state index contributed by atoms with van der Waals surface area (Å²) in [5, 5.41) is 2.76. The number of carbonyl (C=O) groups excluding carboxylic acids is 1. The van der Waals surface area contributed by atoms with Crippen LogP contribution in [0.3, 0.4) is 0 Å². The second-order valence-corrected chi connectivity index (χ2v) is 8.72. The minimum atomic E-state index is -3.52. The van der Waals surface area contributed by atoms with E-state index in [9.17, 15) is 13.2 Å². The van der Waals surface area contributed by atoms with Crippen molar-refractivity contribution in [2.24, 2.45) is 0 Å². The topological polar surface area (TPSA) is 75.3 Å². The summed E-state index contributed by atoms with van der Waals surface area (Å²) >= 11 is 1.71. The molecule has 1 heterocycles. The molecule has 0 unspecified atom stereocenters. The van der Waals surface area contributed by atoms with Crippen LogP contribution >= 0.6 is 11.8 Å². The lowest BCUT2D eigenvalue weighted by Gasteiger charge is -2.17. The average molecular weight is 377 g/mol. The molecule has 5 nitrogen and oxygen atoms in total. The fourth-order valence-corrected chi connectivity index (χ4v) is 4.59. The van der Waals surface area contributed by atoms with Crippen LogP contribution in [0.2, 0.25) is 0 Å². The van der Waals surface area contributed by atoms with E-state index in [0.717, 1.165) is 17.7 Å². The van der Waals surface area contributed by atoms with Crippen LogP contribution in [0.5, 0.6) is 0 Å². The Bertz CT molecular complexity index is 852. The SMILES string of the molecule is O=C1CCc2cc(S(=O)(=O)NCCCSc3ccccc3)ccc2N1. The van der Waals surface area contributed by atoms with Crippen molar-refractivity contribution in [1.29, 1.82) is 0 Å². The molecular weight excluding hydrogens is 356 g/mol. The number of thioether (sulfide) groups is 1. The van der Waals surface area contributed by atoms with E-state index >= 15 is 0 Å². The normalized spacial score (nSPS) is 14.0. The Morgan fingerprint density at radius 2 is 1.88 bits per heavy atom. The highest BCUT2D eigenvalue weighted by Crippen LogP contribution is 2.25. The summed E-state index contributed by atoms with van der Waals surface area (Å²) in [5.74, 6) is 0.820. The lowest BCUT2D eigenvalue weighted by atomic mass is 10.0. The van der Waals surface area contributed by atoms with Crippen molar-refractivity contribution in [3.8, 4) is 0 Å². The zero-order chi connectivity index (χ0) is 17.7. The second kappa shape index (κ2) is 8.03. The highest BCUT2D eigenvalue weighted by Gasteiger charge is 2.19. The smallest absolute Gasteiger partial charge is 0.240 e. The van der Waals surface area contributed by atoms with Gasteiger partial charge in [-0.05, 0) is 54.5 Å². The van der Waals surface area contributed by atoms with E-state index < -0.39 is 10.0 Å². The van der Waals surface area contributed by atoms with Crippen LogP contribution in [-0.4, -0.2) is 26.6 Å². The zero-order valence-corrected chi connectivity index (χ0v) is 15.3. The number of sulfonamides is 1. The van der Waals surface area contributed by atoms with Crippen molar-refractivity contribution in [2.45, 2.75) is 29.1 Å². The van der Waals surface area contributed by atoms with Gasteiger partial charge in [-0.25, -0.2) is 13.1 Å². The number of fused-ring (bicyclic) bond motifs is 1. The Kier molecular flexibility index (Phi) is 5.78. The lowest BCUT2D eigenvalue weighted by molar-refractivity contribution is -0.116. The van der Waals surface area contributed by atoms with Crippen LogP contribution in [0.1, 0.15) is 18.4 Å². The molecule has 1 aliphatic heterocycles. The summed E-state index contributed by atoms with van der Waals surface area (Å²) in [6, 6.07) is 14.9. The molecule has 132 valence electrons. The van der Waals surface area contributed by atoms with Crippen molar-refractivity contribution >= 4 is 33.4 Å². The summed E-state index contributed by atoms with van der Waals surface area (Å²) in [5.41, 5.74) is 1.57. The molecule has 0 saturated carbocycles. The highest BCUT2D eigenvalue weighted by atomic mass is 32.2. The molecule has 2 aromatic carbocycles. The van der Waals surface area contributed by atoms with Gasteiger partial charge in [0.05, 0.1) is 4.90 Å². The first-order valence-corrected chi connectivity index (χ1v) is 10.6. The van der Waals surface area contributed by atoms with Gasteiger partial charge in [0.15, 0.2) is 0 Å². The van der Waals surface area contributed by atoms with Gasteiger partial charge in [-0.1, -0.05) is 18.2 Å². The quantitative estimate of drug-likeness (QED) is 0.575. The number of anilines is 1. The molecule has 25 heavy (non-hydrogen) atoms. The Morgan fingerprint density at radius 1 is 1.08 bits per heavy atom. The van der Waals surface area contributed by atoms with Crippen LogP contribution in [0.15, 0.2) is 58.3 Å². The summed E-state index contributed by atoms with van der Waals surface area (Å²) in [6.45, 7) is 0.399. The molecule has 0 radical (unpaired) electrons. The predicted molar refractivity (Wildman–Crippen MR) is 100 cm³/mol. The van der Waals surface area contributed by atoms with E-state index in [1.54, 1.807) is 23.9 Å². The fourth-order valence-electron chi connectivity index (χ4n) is 2.60. The number of hydrogen-bond acceptors (Lipinski definition) is 4. The van der Waals surface area contributed by atoms with Crippen LogP contribution in [0.4, 0.5) is 5.69 Å². The molecule has 0 aliphatic carbocycles. The van der Waals surface area contributed by atoms with Crippen LogP contribution in [0.25, 0.3) is 0 Å². The van der Waals surface area contributed by atoms with Gasteiger partial charge in [-0.2, -0.15) is 0 Å². The summed E-state index contributed by atoms with van der Waals surface area (Å²) in [7, 11) is -3.52. The maximum absolute atomic E-state index is 12.4. The minimum absolute atomic E-state index is 0.0304. The number of rotatable bonds is 7. The number of nitrogens with one attached hydrogen (secondary N) is 2. The minimum Gasteiger partial charge on any atom is -0.326 e. The van der Waals surface area contributed by atoms with Gasteiger partial charge in [-0.3, -0.25) is 4.79 Å². The van der Waals surface area contributed by atoms with Crippen molar-refractivity contribution in [1.82, 2.24) is 4.72 Å². The zero-order valence-electron chi connectivity index (χ0n) is 13.7. The molecule has 2 N–H and O–H groups in total. The van der Waals surface area contributed by atoms with Crippen molar-refractivity contribution in [2.75, 3.05) is 17.6 Å². The van der Waals surface area contributed by atoms with Gasteiger partial charge in [0.25, 0.3) is 0 Å². The third-order valence-electron chi connectivity index (χ3n) is 3.91. The Labute approximate surface area is 152 Å². The second-order valence-electron chi connectivity index (χ2n) is 5.78. The standard InChI is InChI=1S/C18H20N2O3S2/c21-18-10-7-14-13-16(8-9-17(14)20-18)25(22,23)19-11-4-12-24-15-5-2-1-3-6-15/h1-3,5-6,8-9,13,19H,4,7,10-12H2,(H,20,21). The van der Waals surface area contributed by atoms with E-state index in [1.807, 2.05) is 30.3 Å². The van der Waals surface area contributed by atoms with Crippen LogP contribution in [-0.2, 0) is 21.2 Å². The summed E-state index contributed by atoms with van der Waals surface area (Å²) in [6.07, 6.45) is 1.71. The monoisotopic (exact) mass is 376 g/mol. The number of benzene rings is 2. The molecule has 2 aromatic rings. The van der Waals surface area contributed by atoms with Crippen LogP contribution in [0, 0.1) is 0 Å². The molecule has 1 amide bonds. The Morgan fingerprint density at radius 3 is 2.68 bits per heavy atom. The number of carbonyl (C=O) groups is 1. The summed E-state index contributed by atoms with van der Waals surface area (Å²) < 4.78 is 27.5. The third-order valence-corrected chi connectivity index (χ3v) is 6.46. The molecule has 0 atom stereocenters. The van der Waals surface area contributed by atoms with Crippen LogP contribution < -0.4 is 10.0 Å². The van der Waals surface area contributed by atoms with E-state index in [2.05, 4.69) is 10.0 Å². The number of amides is 1. The largest absolute Gasteiger partial charge is 0.326 e. The van der Waals surface area contributed by atoms with E-state index in [0.29, 0.717) is 25.1 Å². The van der Waals surface area contributed by atoms with Crippen molar-refractivity contribution in [3.05, 3.63) is 54.1 Å². The maximum Gasteiger partial charge on any atom is 0.240 e. The highest BCUT2D eigenvalue weighted by molar-refractivity contribution is 7.99. The molecule has 7 heteroatoms. The van der Waals surface area contributed by atoms with Gasteiger partial charge in [0.1, 0.15) is 0 Å². The first-order chi connectivity index (χ1) is 12.0.